The third kappa shape index (κ3) is 6.62. The van der Waals surface area contributed by atoms with Gasteiger partial charge in [0.25, 0.3) is 5.91 Å². The number of hydrogen-bond donors (Lipinski definition) is 4. The molecule has 0 spiro atoms. The third-order valence-corrected chi connectivity index (χ3v) is 5.75. The maximum absolute atomic E-state index is 13.8. The van der Waals surface area contributed by atoms with Crippen LogP contribution >= 0.6 is 11.6 Å². The van der Waals surface area contributed by atoms with Gasteiger partial charge < -0.3 is 21.1 Å². The van der Waals surface area contributed by atoms with Gasteiger partial charge in [-0.25, -0.2) is 9.97 Å². The minimum atomic E-state index is -4.79. The molecule has 10 nitrogen and oxygen atoms in total. The summed E-state index contributed by atoms with van der Waals surface area (Å²) in [5.41, 5.74) is 0.652. The summed E-state index contributed by atoms with van der Waals surface area (Å²) in [7, 11) is 1.38. The number of hydrogen-bond acceptors (Lipinski definition) is 8. The largest absolute Gasteiger partial charge is 0.421 e. The van der Waals surface area contributed by atoms with Crippen LogP contribution in [0.4, 0.5) is 36.3 Å². The van der Waals surface area contributed by atoms with Gasteiger partial charge in [0.1, 0.15) is 11.4 Å². The van der Waals surface area contributed by atoms with E-state index in [-0.39, 0.29) is 29.0 Å². The minimum Gasteiger partial charge on any atom is -0.396 e. The molecule has 4 aromatic rings. The Morgan fingerprint density at radius 3 is 2.59 bits per heavy atom. The zero-order chi connectivity index (χ0) is 28.2. The van der Waals surface area contributed by atoms with Crippen molar-refractivity contribution < 1.29 is 23.1 Å². The zero-order valence-corrected chi connectivity index (χ0v) is 21.3. The molecule has 1 radical (unpaired) electrons. The van der Waals surface area contributed by atoms with Crippen LogP contribution in [0.2, 0.25) is 5.02 Å². The predicted molar refractivity (Wildman–Crippen MR) is 140 cm³/mol. The Balaban J connectivity index is 1.71. The van der Waals surface area contributed by atoms with Crippen molar-refractivity contribution in [2.75, 3.05) is 24.3 Å². The van der Waals surface area contributed by atoms with Crippen molar-refractivity contribution in [3.63, 3.8) is 0 Å². The average molecular weight is 560 g/mol. The summed E-state index contributed by atoms with van der Waals surface area (Å²) < 4.78 is 43.1. The van der Waals surface area contributed by atoms with Gasteiger partial charge >= 0.3 is 6.18 Å². The molecular formula is C25H23ClF3N8O2. The number of benzene rings is 1. The number of rotatable bonds is 9. The van der Waals surface area contributed by atoms with E-state index in [1.807, 2.05) is 0 Å². The van der Waals surface area contributed by atoms with Gasteiger partial charge in [-0.2, -0.15) is 23.3 Å². The number of halogens is 4. The Morgan fingerprint density at radius 2 is 1.90 bits per heavy atom. The molecule has 0 fully saturated rings. The fraction of sp³-hybridized carbons (Fsp3) is 0.200. The van der Waals surface area contributed by atoms with Gasteiger partial charge in [0.05, 0.1) is 28.3 Å². The minimum absolute atomic E-state index is 0.00432. The van der Waals surface area contributed by atoms with Gasteiger partial charge in [0, 0.05) is 38.2 Å². The standard InChI is InChI=1S/C25H23ClF3N8O2/c1-14-4-5-19(17(26)10-14)35-24-31-12-16(25(27,28)29)22(36-24)34-20-7-6-18(33-21(20)23(39)30-2)15-11-32-37(13-15)8-3-9-38/h4-7,10-13,38H,1,3,8-9H2,2H3,(H,30,39)(H2,31,34,35,36). The first-order valence-electron chi connectivity index (χ1n) is 11.6. The molecule has 0 aliphatic carbocycles. The number of anilines is 4. The van der Waals surface area contributed by atoms with Gasteiger partial charge in [-0.1, -0.05) is 17.7 Å². The van der Waals surface area contributed by atoms with Crippen LogP contribution in [0.5, 0.6) is 0 Å². The van der Waals surface area contributed by atoms with Gasteiger partial charge in [0.2, 0.25) is 5.95 Å². The van der Waals surface area contributed by atoms with Crippen LogP contribution in [0, 0.1) is 6.92 Å². The number of nitrogens with one attached hydrogen (secondary N) is 3. The third-order valence-electron chi connectivity index (χ3n) is 5.44. The van der Waals surface area contributed by atoms with Crippen molar-refractivity contribution in [1.29, 1.82) is 0 Å². The van der Waals surface area contributed by atoms with Gasteiger partial charge in [-0.3, -0.25) is 9.48 Å². The molecule has 4 rings (SSSR count). The number of alkyl halides is 3. The van der Waals surface area contributed by atoms with Crippen LogP contribution in [-0.2, 0) is 12.7 Å². The van der Waals surface area contributed by atoms with Crippen molar-refractivity contribution >= 4 is 40.6 Å². The lowest BCUT2D eigenvalue weighted by Gasteiger charge is -2.17. The van der Waals surface area contributed by atoms with Crippen LogP contribution in [0.1, 0.15) is 28.0 Å². The van der Waals surface area contributed by atoms with Crippen molar-refractivity contribution in [1.82, 2.24) is 30.0 Å². The van der Waals surface area contributed by atoms with Crippen molar-refractivity contribution in [3.8, 4) is 11.3 Å². The Labute approximate surface area is 226 Å². The van der Waals surface area contributed by atoms with E-state index in [1.54, 1.807) is 29.1 Å². The second-order valence-electron chi connectivity index (χ2n) is 8.26. The van der Waals surface area contributed by atoms with E-state index < -0.39 is 23.5 Å². The van der Waals surface area contributed by atoms with E-state index in [0.29, 0.717) is 41.7 Å². The number of aliphatic hydroxyl groups excluding tert-OH is 1. The number of aliphatic hydroxyl groups is 1. The number of carbonyl (C=O) groups is 1. The molecule has 3 heterocycles. The normalized spacial score (nSPS) is 11.4. The highest BCUT2D eigenvalue weighted by atomic mass is 35.5. The smallest absolute Gasteiger partial charge is 0.396 e. The Kier molecular flexibility index (Phi) is 8.31. The molecule has 0 aliphatic heterocycles. The highest BCUT2D eigenvalue weighted by Crippen LogP contribution is 2.36. The molecule has 0 unspecified atom stereocenters. The molecule has 0 bridgehead atoms. The molecule has 0 aliphatic rings. The maximum Gasteiger partial charge on any atom is 0.421 e. The molecule has 0 saturated heterocycles. The van der Waals surface area contributed by atoms with Crippen molar-refractivity contribution in [2.24, 2.45) is 0 Å². The molecule has 39 heavy (non-hydrogen) atoms. The van der Waals surface area contributed by atoms with E-state index in [2.05, 4.69) is 42.9 Å². The first-order chi connectivity index (χ1) is 18.6. The van der Waals surface area contributed by atoms with Crippen LogP contribution in [0.3, 0.4) is 0 Å². The summed E-state index contributed by atoms with van der Waals surface area (Å²) in [6.07, 6.45) is -0.432. The van der Waals surface area contributed by atoms with Crippen molar-refractivity contribution in [3.05, 3.63) is 77.7 Å². The fourth-order valence-corrected chi connectivity index (χ4v) is 3.77. The quantitative estimate of drug-likeness (QED) is 0.230. The number of nitrogens with zero attached hydrogens (tertiary/aromatic N) is 5. The van der Waals surface area contributed by atoms with Crippen molar-refractivity contribution in [2.45, 2.75) is 19.1 Å². The lowest BCUT2D eigenvalue weighted by molar-refractivity contribution is -0.137. The number of pyridine rings is 1. The first-order valence-corrected chi connectivity index (χ1v) is 11.9. The van der Waals surface area contributed by atoms with E-state index in [0.717, 1.165) is 0 Å². The van der Waals surface area contributed by atoms with Gasteiger partial charge in [0.15, 0.2) is 5.69 Å². The summed E-state index contributed by atoms with van der Waals surface area (Å²) >= 11 is 6.19. The molecule has 0 atom stereocenters. The monoisotopic (exact) mass is 559 g/mol. The first kappa shape index (κ1) is 27.8. The second kappa shape index (κ2) is 11.7. The molecule has 14 heteroatoms. The Hall–Kier alpha value is -4.23. The van der Waals surface area contributed by atoms with Crippen LogP contribution in [0.15, 0.2) is 48.9 Å². The zero-order valence-electron chi connectivity index (χ0n) is 20.6. The molecule has 3 aromatic heterocycles. The van der Waals surface area contributed by atoms with E-state index in [1.165, 1.54) is 25.4 Å². The van der Waals surface area contributed by atoms with Crippen LogP contribution in [0.25, 0.3) is 11.3 Å². The summed E-state index contributed by atoms with van der Waals surface area (Å²) in [4.78, 5) is 24.8. The molecule has 1 aromatic carbocycles. The lowest BCUT2D eigenvalue weighted by atomic mass is 10.1. The number of carbonyl (C=O) groups excluding carboxylic acids is 1. The highest BCUT2D eigenvalue weighted by molar-refractivity contribution is 6.33. The summed E-state index contributed by atoms with van der Waals surface area (Å²) in [6, 6.07) is 7.80. The second-order valence-corrected chi connectivity index (χ2v) is 8.67. The molecular weight excluding hydrogens is 537 g/mol. The number of aromatic nitrogens is 5. The number of aryl methyl sites for hydroxylation is 1. The topological polar surface area (TPSA) is 130 Å². The SMILES string of the molecule is [CH2]c1ccc(Nc2ncc(C(F)(F)F)c(Nc3ccc(-c4cnn(CCCO)c4)nc3C(=O)NC)n2)c(Cl)c1. The van der Waals surface area contributed by atoms with E-state index >= 15 is 0 Å². The molecule has 0 saturated carbocycles. The van der Waals surface area contributed by atoms with Gasteiger partial charge in [-0.05, 0) is 43.2 Å². The molecule has 4 N–H and O–H groups in total. The maximum atomic E-state index is 13.8. The predicted octanol–water partition coefficient (Wildman–Crippen LogP) is 4.82. The highest BCUT2D eigenvalue weighted by Gasteiger charge is 2.36. The average Bonchev–Trinajstić information content (AvgIpc) is 3.37. The van der Waals surface area contributed by atoms with Crippen LogP contribution in [-0.4, -0.2) is 49.4 Å². The Bertz CT molecular complexity index is 1490. The fourth-order valence-electron chi connectivity index (χ4n) is 3.52. The summed E-state index contributed by atoms with van der Waals surface area (Å²) in [5, 5.41) is 21.3. The van der Waals surface area contributed by atoms with E-state index in [9.17, 15) is 18.0 Å². The Morgan fingerprint density at radius 1 is 1.13 bits per heavy atom. The molecule has 203 valence electrons. The van der Waals surface area contributed by atoms with Gasteiger partial charge in [-0.15, -0.1) is 0 Å². The summed E-state index contributed by atoms with van der Waals surface area (Å²) in [5.74, 6) is -1.39. The molecule has 1 amide bonds. The number of amides is 1. The lowest BCUT2D eigenvalue weighted by Crippen LogP contribution is -2.21. The van der Waals surface area contributed by atoms with Crippen LogP contribution < -0.4 is 16.0 Å². The summed E-state index contributed by atoms with van der Waals surface area (Å²) in [6.45, 7) is 4.25. The van der Waals surface area contributed by atoms with E-state index in [4.69, 9.17) is 16.7 Å².